The van der Waals surface area contributed by atoms with E-state index in [-0.39, 0.29) is 5.92 Å². The Labute approximate surface area is 203 Å². The number of primary amides is 1. The van der Waals surface area contributed by atoms with Gasteiger partial charge >= 0.3 is 12.1 Å². The van der Waals surface area contributed by atoms with E-state index in [1.165, 1.54) is 6.20 Å². The Balaban J connectivity index is 0.000000522. The number of aliphatic hydroxyl groups is 4. The molecule has 2 amide bonds. The molecule has 0 aliphatic carbocycles. The summed E-state index contributed by atoms with van der Waals surface area (Å²) in [6.45, 7) is 8.56. The average molecular weight is 504 g/mol. The predicted octanol–water partition coefficient (Wildman–Crippen LogP) is -0.391. The number of carbonyl (C=O) groups is 3. The van der Waals surface area contributed by atoms with Gasteiger partial charge in [-0.15, -0.1) is 0 Å². The van der Waals surface area contributed by atoms with Crippen LogP contribution in [0.3, 0.4) is 0 Å². The largest absolute Gasteiger partial charge is 0.480 e. The van der Waals surface area contributed by atoms with Gasteiger partial charge in [-0.3, -0.25) is 9.78 Å². The Morgan fingerprint density at radius 2 is 1.80 bits per heavy atom. The van der Waals surface area contributed by atoms with E-state index < -0.39 is 60.8 Å². The van der Waals surface area contributed by atoms with Crippen LogP contribution in [-0.2, 0) is 14.3 Å². The lowest BCUT2D eigenvalue weighted by atomic mass is 10.0. The highest BCUT2D eigenvalue weighted by Gasteiger charge is 2.41. The Kier molecular flexibility index (Phi) is 14.0. The third kappa shape index (κ3) is 13.6. The van der Waals surface area contributed by atoms with Gasteiger partial charge < -0.3 is 46.1 Å². The van der Waals surface area contributed by atoms with Crippen LogP contribution in [-0.4, -0.2) is 91.3 Å². The van der Waals surface area contributed by atoms with Gasteiger partial charge in [-0.1, -0.05) is 13.8 Å². The first-order valence-corrected chi connectivity index (χ1v) is 10.8. The minimum atomic E-state index is -1.38. The Hall–Kier alpha value is -2.84. The van der Waals surface area contributed by atoms with Crippen molar-refractivity contribution in [2.24, 2.45) is 11.7 Å². The van der Waals surface area contributed by atoms with Gasteiger partial charge in [0.2, 0.25) is 5.91 Å². The van der Waals surface area contributed by atoms with Gasteiger partial charge in [-0.2, -0.15) is 0 Å². The third-order valence-corrected chi connectivity index (χ3v) is 4.16. The quantitative estimate of drug-likeness (QED) is 0.265. The van der Waals surface area contributed by atoms with Crippen LogP contribution < -0.4 is 11.1 Å². The summed E-state index contributed by atoms with van der Waals surface area (Å²) in [4.78, 5) is 36.3. The van der Waals surface area contributed by atoms with Gasteiger partial charge in [0.25, 0.3) is 0 Å². The first-order valence-electron chi connectivity index (χ1n) is 10.8. The smallest absolute Gasteiger partial charge is 0.408 e. The number of carboxylic acid groups (broad SMARTS) is 1. The van der Waals surface area contributed by atoms with Crippen LogP contribution in [0.1, 0.15) is 51.4 Å². The lowest BCUT2D eigenvalue weighted by Gasteiger charge is -2.22. The zero-order valence-electron chi connectivity index (χ0n) is 20.5. The fraction of sp³-hybridized carbons (Fsp3) is 0.636. The van der Waals surface area contributed by atoms with E-state index in [0.717, 1.165) is 0 Å². The van der Waals surface area contributed by atoms with Gasteiger partial charge in [0.1, 0.15) is 30.0 Å². The molecule has 2 heterocycles. The van der Waals surface area contributed by atoms with Crippen molar-refractivity contribution in [1.82, 2.24) is 10.3 Å². The molecule has 1 unspecified atom stereocenters. The van der Waals surface area contributed by atoms with Crippen LogP contribution in [0, 0.1) is 5.92 Å². The monoisotopic (exact) mass is 503 g/mol. The molecule has 0 aromatic carbocycles. The minimum Gasteiger partial charge on any atom is -0.480 e. The van der Waals surface area contributed by atoms with Crippen molar-refractivity contribution < 1.29 is 49.4 Å². The second kappa shape index (κ2) is 15.2. The number of pyridine rings is 1. The first kappa shape index (κ1) is 32.2. The maximum absolute atomic E-state index is 11.4. The first-order chi connectivity index (χ1) is 16.1. The van der Waals surface area contributed by atoms with Crippen molar-refractivity contribution in [3.05, 3.63) is 30.1 Å². The number of hydrogen-bond donors (Lipinski definition) is 7. The fourth-order valence-corrected chi connectivity index (χ4v) is 2.53. The van der Waals surface area contributed by atoms with Crippen molar-refractivity contribution in [3.63, 3.8) is 0 Å². The van der Waals surface area contributed by atoms with Gasteiger partial charge in [-0.05, 0) is 45.2 Å². The molecule has 1 aromatic rings. The number of aliphatic hydroxyl groups excluding tert-OH is 4. The number of hydrogen-bond acceptors (Lipinski definition) is 10. The van der Waals surface area contributed by atoms with Crippen LogP contribution in [0.15, 0.2) is 24.5 Å². The summed E-state index contributed by atoms with van der Waals surface area (Å²) in [5.41, 5.74) is 4.76. The average Bonchev–Trinajstić information content (AvgIpc) is 2.99. The molecule has 1 aliphatic heterocycles. The zero-order valence-corrected chi connectivity index (χ0v) is 20.5. The fourth-order valence-electron chi connectivity index (χ4n) is 2.53. The summed E-state index contributed by atoms with van der Waals surface area (Å²) in [5, 5.41) is 46.2. The molecular formula is C22H37N3O10. The lowest BCUT2D eigenvalue weighted by molar-refractivity contribution is -0.139. The zero-order chi connectivity index (χ0) is 27.3. The number of aromatic nitrogens is 1. The highest BCUT2D eigenvalue weighted by atomic mass is 16.6. The molecule has 8 N–H and O–H groups in total. The summed E-state index contributed by atoms with van der Waals surface area (Å²) in [7, 11) is 0. The number of amides is 2. The van der Waals surface area contributed by atoms with Gasteiger partial charge in [0.15, 0.2) is 6.29 Å². The second-order valence-electron chi connectivity index (χ2n) is 9.00. The highest BCUT2D eigenvalue weighted by Crippen LogP contribution is 2.18. The Morgan fingerprint density at radius 1 is 1.20 bits per heavy atom. The molecule has 2 rings (SSSR count). The van der Waals surface area contributed by atoms with Crippen molar-refractivity contribution in [2.45, 2.75) is 77.3 Å². The molecule has 200 valence electrons. The van der Waals surface area contributed by atoms with Crippen LogP contribution in [0.25, 0.3) is 0 Å². The lowest BCUT2D eigenvalue weighted by Crippen LogP contribution is -2.44. The molecule has 5 atom stereocenters. The SMILES string of the molecule is CC(C)C[C@H](NC(=O)OC(C)(C)C)C(=O)O.NC(=O)c1cccnc1.OC[C@H]1OC(O)[C@H](O)[C@@H]1O. The molecule has 35 heavy (non-hydrogen) atoms. The minimum absolute atomic E-state index is 0.191. The number of nitrogens with zero attached hydrogens (tertiary/aromatic N) is 1. The van der Waals surface area contributed by atoms with E-state index in [0.29, 0.717) is 12.0 Å². The van der Waals surface area contributed by atoms with Crippen LogP contribution >= 0.6 is 0 Å². The molecule has 13 nitrogen and oxygen atoms in total. The summed E-state index contributed by atoms with van der Waals surface area (Å²) >= 11 is 0. The summed E-state index contributed by atoms with van der Waals surface area (Å²) < 4.78 is 9.53. The number of rotatable bonds is 6. The summed E-state index contributed by atoms with van der Waals surface area (Å²) in [6, 6.07) is 2.39. The number of nitrogens with one attached hydrogen (secondary N) is 1. The molecule has 13 heteroatoms. The van der Waals surface area contributed by atoms with E-state index in [2.05, 4.69) is 15.0 Å². The molecule has 0 saturated carbocycles. The Bertz CT molecular complexity index is 785. The van der Waals surface area contributed by atoms with Crippen molar-refractivity contribution >= 4 is 18.0 Å². The predicted molar refractivity (Wildman–Crippen MR) is 123 cm³/mol. The molecule has 0 spiro atoms. The molecule has 1 aromatic heterocycles. The van der Waals surface area contributed by atoms with E-state index in [1.807, 2.05) is 13.8 Å². The molecule has 0 radical (unpaired) electrons. The maximum atomic E-state index is 11.4. The van der Waals surface area contributed by atoms with Crippen molar-refractivity contribution in [3.8, 4) is 0 Å². The van der Waals surface area contributed by atoms with Gasteiger partial charge in [0.05, 0.1) is 12.2 Å². The van der Waals surface area contributed by atoms with Gasteiger partial charge in [-0.25, -0.2) is 9.59 Å². The van der Waals surface area contributed by atoms with Gasteiger partial charge in [0, 0.05) is 12.4 Å². The third-order valence-electron chi connectivity index (χ3n) is 4.16. The number of nitrogens with two attached hydrogens (primary N) is 1. The maximum Gasteiger partial charge on any atom is 0.408 e. The topological polar surface area (TPSA) is 222 Å². The molecular weight excluding hydrogens is 466 g/mol. The Morgan fingerprint density at radius 3 is 2.09 bits per heavy atom. The molecule has 1 saturated heterocycles. The van der Waals surface area contributed by atoms with E-state index >= 15 is 0 Å². The van der Waals surface area contributed by atoms with Crippen LogP contribution in [0.4, 0.5) is 4.79 Å². The number of carbonyl (C=O) groups excluding carboxylic acids is 2. The molecule has 1 fully saturated rings. The summed E-state index contributed by atoms with van der Waals surface area (Å²) in [6.07, 6.45) is -2.04. The number of ether oxygens (including phenoxy) is 2. The van der Waals surface area contributed by atoms with E-state index in [1.54, 1.807) is 39.1 Å². The highest BCUT2D eigenvalue weighted by molar-refractivity contribution is 5.92. The number of carboxylic acids is 1. The number of alkyl carbamates (subject to hydrolysis) is 1. The normalized spacial score (nSPS) is 22.1. The van der Waals surface area contributed by atoms with Crippen molar-refractivity contribution in [1.29, 1.82) is 0 Å². The van der Waals surface area contributed by atoms with E-state index in [4.69, 9.17) is 36.0 Å². The van der Waals surface area contributed by atoms with E-state index in [9.17, 15) is 14.4 Å². The van der Waals surface area contributed by atoms with Crippen LogP contribution in [0.5, 0.6) is 0 Å². The summed E-state index contributed by atoms with van der Waals surface area (Å²) in [5.74, 6) is -1.29. The number of aliphatic carboxylic acids is 1. The molecule has 1 aliphatic rings. The van der Waals surface area contributed by atoms with Crippen LogP contribution in [0.2, 0.25) is 0 Å². The van der Waals surface area contributed by atoms with Crippen molar-refractivity contribution in [2.75, 3.05) is 6.61 Å². The molecule has 0 bridgehead atoms. The standard InChI is InChI=1S/C11H21NO4.C6H6N2O.C5H10O5/c1-7(2)6-8(9(13)14)12-10(15)16-11(3,4)5;7-6(9)5-2-1-3-8-4-5;6-1-2-3(7)4(8)5(9)10-2/h7-8H,6H2,1-5H3,(H,12,15)(H,13,14);1-4H,(H2,7,9);2-9H,1H2/t8-;;2-,3-,4-,5?/m0.1/s1. The second-order valence-corrected chi connectivity index (χ2v) is 9.00.